The summed E-state index contributed by atoms with van der Waals surface area (Å²) in [5, 5.41) is 13.7. The number of hydrogen-bond donors (Lipinski definition) is 2. The molecular formula is C20H28N2O4S. The van der Waals surface area contributed by atoms with Crippen molar-refractivity contribution in [3.8, 4) is 0 Å². The van der Waals surface area contributed by atoms with Gasteiger partial charge in [-0.25, -0.2) is 12.7 Å². The van der Waals surface area contributed by atoms with Gasteiger partial charge in [0.1, 0.15) is 0 Å². The van der Waals surface area contributed by atoms with E-state index in [0.29, 0.717) is 23.9 Å². The van der Waals surface area contributed by atoms with Crippen LogP contribution in [0.3, 0.4) is 0 Å². The number of carbonyl (C=O) groups is 1. The van der Waals surface area contributed by atoms with Crippen LogP contribution < -0.4 is 5.32 Å². The molecule has 7 heteroatoms. The number of hydrogen-bond acceptors (Lipinski definition) is 4. The third-order valence-corrected chi connectivity index (χ3v) is 8.39. The Morgan fingerprint density at radius 1 is 1.22 bits per heavy atom. The molecular weight excluding hydrogens is 364 g/mol. The number of sulfonamides is 1. The summed E-state index contributed by atoms with van der Waals surface area (Å²) >= 11 is 0. The van der Waals surface area contributed by atoms with Gasteiger partial charge in [-0.2, -0.15) is 0 Å². The maximum atomic E-state index is 12.7. The van der Waals surface area contributed by atoms with Crippen molar-refractivity contribution in [3.63, 3.8) is 0 Å². The van der Waals surface area contributed by atoms with Crippen molar-refractivity contribution in [2.45, 2.75) is 55.4 Å². The topological polar surface area (TPSA) is 86.7 Å². The summed E-state index contributed by atoms with van der Waals surface area (Å²) < 4.78 is 25.7. The number of benzene rings is 1. The predicted octanol–water partition coefficient (Wildman–Crippen LogP) is 2.60. The molecule has 0 saturated heterocycles. The van der Waals surface area contributed by atoms with E-state index in [4.69, 9.17) is 0 Å². The van der Waals surface area contributed by atoms with E-state index in [1.54, 1.807) is 12.1 Å². The van der Waals surface area contributed by atoms with Crippen LogP contribution in [0.25, 0.3) is 0 Å². The minimum Gasteiger partial charge on any atom is -0.390 e. The fourth-order valence-electron chi connectivity index (χ4n) is 6.10. The number of anilines is 1. The highest BCUT2D eigenvalue weighted by atomic mass is 32.2. The van der Waals surface area contributed by atoms with Gasteiger partial charge in [0.2, 0.25) is 15.9 Å². The summed E-state index contributed by atoms with van der Waals surface area (Å²) in [7, 11) is -0.569. The molecule has 0 aromatic heterocycles. The Labute approximate surface area is 161 Å². The van der Waals surface area contributed by atoms with Crippen molar-refractivity contribution < 1.29 is 18.3 Å². The zero-order valence-corrected chi connectivity index (χ0v) is 16.8. The van der Waals surface area contributed by atoms with Gasteiger partial charge in [-0.05, 0) is 74.0 Å². The molecule has 0 aliphatic heterocycles. The van der Waals surface area contributed by atoms with Crippen LogP contribution in [-0.4, -0.2) is 43.4 Å². The van der Waals surface area contributed by atoms with Crippen molar-refractivity contribution >= 4 is 21.6 Å². The fourth-order valence-corrected chi connectivity index (χ4v) is 7.05. The van der Waals surface area contributed by atoms with E-state index in [1.165, 1.54) is 32.6 Å². The lowest BCUT2D eigenvalue weighted by Crippen LogP contribution is -2.56. The van der Waals surface area contributed by atoms with Gasteiger partial charge in [-0.1, -0.05) is 6.07 Å². The Bertz CT molecular complexity index is 850. The van der Waals surface area contributed by atoms with Crippen molar-refractivity contribution in [1.29, 1.82) is 0 Å². The highest BCUT2D eigenvalue weighted by Gasteiger charge is 2.57. The molecule has 148 valence electrons. The molecule has 4 fully saturated rings. The van der Waals surface area contributed by atoms with Crippen molar-refractivity contribution in [1.82, 2.24) is 4.31 Å². The number of nitrogens with zero attached hydrogens (tertiary/aromatic N) is 1. The number of aliphatic hydroxyl groups is 1. The van der Waals surface area contributed by atoms with E-state index in [0.717, 1.165) is 36.4 Å². The SMILES string of the molecule is CN(C)S(=O)(=O)c1cccc(NC(=O)CC23CC4CC(CC(O)(C4)C2)C3)c1. The number of rotatable bonds is 5. The van der Waals surface area contributed by atoms with Crippen LogP contribution in [0.4, 0.5) is 5.69 Å². The Morgan fingerprint density at radius 2 is 1.89 bits per heavy atom. The van der Waals surface area contributed by atoms with Crippen LogP contribution in [0.2, 0.25) is 0 Å². The number of carbonyl (C=O) groups excluding carboxylic acids is 1. The zero-order chi connectivity index (χ0) is 19.4. The second kappa shape index (κ2) is 6.29. The lowest BCUT2D eigenvalue weighted by atomic mass is 9.47. The van der Waals surface area contributed by atoms with E-state index in [9.17, 15) is 18.3 Å². The minimum absolute atomic E-state index is 0.0973. The number of amides is 1. The van der Waals surface area contributed by atoms with Gasteiger partial charge < -0.3 is 10.4 Å². The summed E-state index contributed by atoms with van der Waals surface area (Å²) in [5.41, 5.74) is -0.188. The van der Waals surface area contributed by atoms with Gasteiger partial charge in [-0.3, -0.25) is 4.79 Å². The molecule has 5 rings (SSSR count). The van der Waals surface area contributed by atoms with Gasteiger partial charge in [0.15, 0.2) is 0 Å². The van der Waals surface area contributed by atoms with E-state index in [-0.39, 0.29) is 16.2 Å². The fraction of sp³-hybridized carbons (Fsp3) is 0.650. The predicted molar refractivity (Wildman–Crippen MR) is 103 cm³/mol. The average Bonchev–Trinajstić information content (AvgIpc) is 2.51. The second-order valence-electron chi connectivity index (χ2n) is 9.23. The van der Waals surface area contributed by atoms with Crippen molar-refractivity contribution in [2.24, 2.45) is 17.3 Å². The van der Waals surface area contributed by atoms with Gasteiger partial charge in [0.05, 0.1) is 10.5 Å². The third kappa shape index (κ3) is 3.52. The first-order valence-corrected chi connectivity index (χ1v) is 11.1. The van der Waals surface area contributed by atoms with Crippen LogP contribution in [0.5, 0.6) is 0 Å². The Morgan fingerprint density at radius 3 is 2.48 bits per heavy atom. The van der Waals surface area contributed by atoms with Crippen LogP contribution >= 0.6 is 0 Å². The lowest BCUT2D eigenvalue weighted by Gasteiger charge is -2.60. The molecule has 2 N–H and O–H groups in total. The molecule has 1 amide bonds. The zero-order valence-electron chi connectivity index (χ0n) is 15.9. The molecule has 4 aliphatic rings. The van der Waals surface area contributed by atoms with Gasteiger partial charge >= 0.3 is 0 Å². The quantitative estimate of drug-likeness (QED) is 0.806. The van der Waals surface area contributed by atoms with E-state index < -0.39 is 15.6 Å². The van der Waals surface area contributed by atoms with E-state index in [2.05, 4.69) is 5.32 Å². The Kier molecular flexibility index (Phi) is 4.40. The monoisotopic (exact) mass is 392 g/mol. The first-order valence-electron chi connectivity index (χ1n) is 9.64. The Hall–Kier alpha value is -1.44. The van der Waals surface area contributed by atoms with Crippen LogP contribution in [0.1, 0.15) is 44.9 Å². The molecule has 6 nitrogen and oxygen atoms in total. The highest BCUT2D eigenvalue weighted by molar-refractivity contribution is 7.89. The summed E-state index contributed by atoms with van der Waals surface area (Å²) in [5.74, 6) is 0.982. The van der Waals surface area contributed by atoms with Gasteiger partial charge in [0, 0.05) is 26.2 Å². The molecule has 1 aromatic rings. The van der Waals surface area contributed by atoms with Crippen LogP contribution in [0, 0.1) is 17.3 Å². The first-order chi connectivity index (χ1) is 12.6. The van der Waals surface area contributed by atoms with Crippen LogP contribution in [-0.2, 0) is 14.8 Å². The minimum atomic E-state index is -3.54. The smallest absolute Gasteiger partial charge is 0.242 e. The molecule has 0 radical (unpaired) electrons. The van der Waals surface area contributed by atoms with Gasteiger partial charge in [0.25, 0.3) is 0 Å². The maximum absolute atomic E-state index is 12.7. The molecule has 4 bridgehead atoms. The van der Waals surface area contributed by atoms with Crippen molar-refractivity contribution in [2.75, 3.05) is 19.4 Å². The second-order valence-corrected chi connectivity index (χ2v) is 11.4. The highest BCUT2D eigenvalue weighted by Crippen LogP contribution is 2.62. The molecule has 27 heavy (non-hydrogen) atoms. The number of nitrogens with one attached hydrogen (secondary N) is 1. The maximum Gasteiger partial charge on any atom is 0.242 e. The van der Waals surface area contributed by atoms with E-state index in [1.807, 2.05) is 0 Å². The largest absolute Gasteiger partial charge is 0.390 e. The van der Waals surface area contributed by atoms with Crippen molar-refractivity contribution in [3.05, 3.63) is 24.3 Å². The van der Waals surface area contributed by atoms with E-state index >= 15 is 0 Å². The standard InChI is InChI=1S/C20H28N2O4S/c1-22(2)27(25,26)17-5-3-4-16(7-17)21-18(23)12-19-8-14-6-15(9-19)11-20(24,10-14)13-19/h3-5,7,14-15,24H,6,8-13H2,1-2H3,(H,21,23). The molecule has 2 unspecified atom stereocenters. The molecule has 2 atom stereocenters. The summed E-state index contributed by atoms with van der Waals surface area (Å²) in [6.45, 7) is 0. The lowest BCUT2D eigenvalue weighted by molar-refractivity contribution is -0.167. The summed E-state index contributed by atoms with van der Waals surface area (Å²) in [4.78, 5) is 12.9. The molecule has 0 heterocycles. The summed E-state index contributed by atoms with van der Waals surface area (Å²) in [6.07, 6.45) is 6.12. The molecule has 1 aromatic carbocycles. The normalized spacial score (nSPS) is 34.8. The molecule has 4 saturated carbocycles. The van der Waals surface area contributed by atoms with Gasteiger partial charge in [-0.15, -0.1) is 0 Å². The molecule has 0 spiro atoms. The first kappa shape index (κ1) is 18.9. The average molecular weight is 393 g/mol. The summed E-state index contributed by atoms with van der Waals surface area (Å²) in [6, 6.07) is 6.37. The Balaban J connectivity index is 1.48. The van der Waals surface area contributed by atoms with Crippen LogP contribution in [0.15, 0.2) is 29.2 Å². The third-order valence-electron chi connectivity index (χ3n) is 6.58. The molecule has 4 aliphatic carbocycles.